The lowest BCUT2D eigenvalue weighted by molar-refractivity contribution is 0.476. The average Bonchev–Trinajstić information content (AvgIpc) is 2.26. The maximum atomic E-state index is 13.7. The molecule has 88 valence electrons. The fourth-order valence-electron chi connectivity index (χ4n) is 2.11. The van der Waals surface area contributed by atoms with Crippen molar-refractivity contribution < 1.29 is 8.78 Å². The molecule has 1 aromatic rings. The number of hydrogen-bond acceptors (Lipinski definition) is 2. The summed E-state index contributed by atoms with van der Waals surface area (Å²) >= 11 is 0. The van der Waals surface area contributed by atoms with Crippen molar-refractivity contribution in [3.8, 4) is 0 Å². The minimum Gasteiger partial charge on any atom is -0.368 e. The molecular weight excluding hydrogens is 210 g/mol. The highest BCUT2D eigenvalue weighted by Gasteiger charge is 2.21. The zero-order valence-corrected chi connectivity index (χ0v) is 9.34. The Morgan fingerprint density at radius 1 is 1.31 bits per heavy atom. The van der Waals surface area contributed by atoms with E-state index in [-0.39, 0.29) is 6.04 Å². The van der Waals surface area contributed by atoms with E-state index in [1.165, 1.54) is 0 Å². The fourth-order valence-corrected chi connectivity index (χ4v) is 2.11. The average molecular weight is 226 g/mol. The van der Waals surface area contributed by atoms with Crippen molar-refractivity contribution >= 4 is 5.69 Å². The van der Waals surface area contributed by atoms with E-state index in [1.54, 1.807) is 19.1 Å². The van der Waals surface area contributed by atoms with Gasteiger partial charge in [0.15, 0.2) is 11.6 Å². The van der Waals surface area contributed by atoms with Gasteiger partial charge in [0.1, 0.15) is 0 Å². The van der Waals surface area contributed by atoms with Crippen LogP contribution in [0.5, 0.6) is 0 Å². The third-order valence-corrected chi connectivity index (χ3v) is 3.05. The fraction of sp³-hybridized carbons (Fsp3) is 0.500. The predicted molar refractivity (Wildman–Crippen MR) is 60.5 cm³/mol. The van der Waals surface area contributed by atoms with Crippen molar-refractivity contribution in [2.24, 2.45) is 5.73 Å². The Bertz CT molecular complexity index is 393. The normalized spacial score (nSPS) is 21.2. The van der Waals surface area contributed by atoms with Crippen molar-refractivity contribution in [2.75, 3.05) is 18.0 Å². The zero-order chi connectivity index (χ0) is 11.7. The van der Waals surface area contributed by atoms with Crippen LogP contribution in [0.15, 0.2) is 12.1 Å². The smallest absolute Gasteiger partial charge is 0.182 e. The van der Waals surface area contributed by atoms with Crippen LogP contribution in [-0.2, 0) is 0 Å². The molecule has 1 aliphatic rings. The topological polar surface area (TPSA) is 29.3 Å². The quantitative estimate of drug-likeness (QED) is 0.795. The monoisotopic (exact) mass is 226 g/mol. The van der Waals surface area contributed by atoms with Crippen LogP contribution in [0.4, 0.5) is 14.5 Å². The predicted octanol–water partition coefficient (Wildman–Crippen LogP) is 2.20. The van der Waals surface area contributed by atoms with Crippen LogP contribution in [0.3, 0.4) is 0 Å². The lowest BCUT2D eigenvalue weighted by Crippen LogP contribution is -2.43. The molecule has 0 spiro atoms. The summed E-state index contributed by atoms with van der Waals surface area (Å²) in [6, 6.07) is 3.29. The second kappa shape index (κ2) is 4.37. The van der Waals surface area contributed by atoms with Gasteiger partial charge in [0, 0.05) is 19.1 Å². The second-order valence-electron chi connectivity index (χ2n) is 4.38. The first-order valence-corrected chi connectivity index (χ1v) is 5.54. The molecule has 0 aromatic heterocycles. The minimum absolute atomic E-state index is 0.0533. The summed E-state index contributed by atoms with van der Waals surface area (Å²) in [6.07, 6.45) is 1.88. The third kappa shape index (κ3) is 2.02. The molecule has 4 heteroatoms. The molecule has 2 nitrogen and oxygen atoms in total. The molecule has 16 heavy (non-hydrogen) atoms. The van der Waals surface area contributed by atoms with Gasteiger partial charge in [-0.15, -0.1) is 0 Å². The van der Waals surface area contributed by atoms with Crippen LogP contribution in [0.25, 0.3) is 0 Å². The molecule has 1 heterocycles. The Balaban J connectivity index is 2.29. The van der Waals surface area contributed by atoms with Gasteiger partial charge in [0.2, 0.25) is 0 Å². The first-order chi connectivity index (χ1) is 7.59. The summed E-state index contributed by atoms with van der Waals surface area (Å²) in [5.74, 6) is -1.51. The van der Waals surface area contributed by atoms with Gasteiger partial charge in [-0.25, -0.2) is 8.78 Å². The minimum atomic E-state index is -0.755. The van der Waals surface area contributed by atoms with Crippen LogP contribution in [0.1, 0.15) is 18.4 Å². The number of hydrogen-bond donors (Lipinski definition) is 1. The highest BCUT2D eigenvalue weighted by Crippen LogP contribution is 2.26. The number of rotatable bonds is 1. The van der Waals surface area contributed by atoms with Crippen molar-refractivity contribution in [3.05, 3.63) is 29.3 Å². The van der Waals surface area contributed by atoms with E-state index >= 15 is 0 Å². The summed E-state index contributed by atoms with van der Waals surface area (Å²) in [4.78, 5) is 1.83. The van der Waals surface area contributed by atoms with Crippen LogP contribution in [0, 0.1) is 18.6 Å². The SMILES string of the molecule is Cc1ccc(N2CCCC(N)C2)c(F)c1F. The first-order valence-electron chi connectivity index (χ1n) is 5.54. The van der Waals surface area contributed by atoms with Gasteiger partial charge < -0.3 is 10.6 Å². The van der Waals surface area contributed by atoms with Crippen LogP contribution < -0.4 is 10.6 Å². The number of anilines is 1. The van der Waals surface area contributed by atoms with Crippen molar-refractivity contribution in [1.29, 1.82) is 0 Å². The van der Waals surface area contributed by atoms with E-state index in [9.17, 15) is 8.78 Å². The highest BCUT2D eigenvalue weighted by molar-refractivity contribution is 5.50. The number of halogens is 2. The lowest BCUT2D eigenvalue weighted by Gasteiger charge is -2.32. The molecule has 1 saturated heterocycles. The maximum absolute atomic E-state index is 13.7. The summed E-state index contributed by atoms with van der Waals surface area (Å²) in [7, 11) is 0. The molecule has 0 bridgehead atoms. The van der Waals surface area contributed by atoms with E-state index in [0.717, 1.165) is 19.4 Å². The van der Waals surface area contributed by atoms with E-state index in [2.05, 4.69) is 0 Å². The van der Waals surface area contributed by atoms with Crippen LogP contribution in [0.2, 0.25) is 0 Å². The van der Waals surface area contributed by atoms with E-state index in [0.29, 0.717) is 17.8 Å². The van der Waals surface area contributed by atoms with E-state index in [4.69, 9.17) is 5.73 Å². The standard InChI is InChI=1S/C12H16F2N2/c1-8-4-5-10(12(14)11(8)13)16-6-2-3-9(15)7-16/h4-5,9H,2-3,6-7,15H2,1H3. The Hall–Kier alpha value is -1.16. The van der Waals surface area contributed by atoms with Crippen molar-refractivity contribution in [1.82, 2.24) is 0 Å². The molecular formula is C12H16F2N2. The molecule has 1 fully saturated rings. The molecule has 0 radical (unpaired) electrons. The number of benzene rings is 1. The number of aryl methyl sites for hydroxylation is 1. The van der Waals surface area contributed by atoms with Crippen LogP contribution >= 0.6 is 0 Å². The van der Waals surface area contributed by atoms with Crippen molar-refractivity contribution in [3.63, 3.8) is 0 Å². The summed E-state index contributed by atoms with van der Waals surface area (Å²) in [5, 5.41) is 0. The van der Waals surface area contributed by atoms with Gasteiger partial charge in [0.25, 0.3) is 0 Å². The van der Waals surface area contributed by atoms with Crippen LogP contribution in [-0.4, -0.2) is 19.1 Å². The summed E-state index contributed by atoms with van der Waals surface area (Å²) in [6.45, 7) is 2.90. The molecule has 1 unspecified atom stereocenters. The Kier molecular flexibility index (Phi) is 3.10. The molecule has 0 aliphatic carbocycles. The second-order valence-corrected chi connectivity index (χ2v) is 4.38. The van der Waals surface area contributed by atoms with Gasteiger partial charge in [-0.1, -0.05) is 6.07 Å². The summed E-state index contributed by atoms with van der Waals surface area (Å²) < 4.78 is 27.1. The molecule has 0 amide bonds. The van der Waals surface area contributed by atoms with Gasteiger partial charge in [-0.05, 0) is 31.4 Å². The van der Waals surface area contributed by atoms with Crippen molar-refractivity contribution in [2.45, 2.75) is 25.8 Å². The zero-order valence-electron chi connectivity index (χ0n) is 9.34. The Labute approximate surface area is 94.0 Å². The highest BCUT2D eigenvalue weighted by atomic mass is 19.2. The number of nitrogens with zero attached hydrogens (tertiary/aromatic N) is 1. The Morgan fingerprint density at radius 2 is 2.06 bits per heavy atom. The molecule has 2 N–H and O–H groups in total. The molecule has 1 atom stereocenters. The largest absolute Gasteiger partial charge is 0.368 e. The lowest BCUT2D eigenvalue weighted by atomic mass is 10.1. The molecule has 1 aliphatic heterocycles. The van der Waals surface area contributed by atoms with Gasteiger partial charge in [-0.2, -0.15) is 0 Å². The number of piperidine rings is 1. The van der Waals surface area contributed by atoms with E-state index in [1.807, 2.05) is 4.90 Å². The van der Waals surface area contributed by atoms with E-state index < -0.39 is 11.6 Å². The number of nitrogens with two attached hydrogens (primary N) is 1. The third-order valence-electron chi connectivity index (χ3n) is 3.05. The molecule has 2 rings (SSSR count). The first kappa shape index (κ1) is 11.3. The molecule has 0 saturated carbocycles. The van der Waals surface area contributed by atoms with Gasteiger partial charge >= 0.3 is 0 Å². The Morgan fingerprint density at radius 3 is 2.75 bits per heavy atom. The summed E-state index contributed by atoms with van der Waals surface area (Å²) in [5.41, 5.74) is 6.49. The maximum Gasteiger partial charge on any atom is 0.182 e. The van der Waals surface area contributed by atoms with Gasteiger partial charge in [-0.3, -0.25) is 0 Å². The van der Waals surface area contributed by atoms with Gasteiger partial charge in [0.05, 0.1) is 5.69 Å². The molecule has 1 aromatic carbocycles.